The predicted octanol–water partition coefficient (Wildman–Crippen LogP) is 2.09. The van der Waals surface area contributed by atoms with Crippen molar-refractivity contribution in [2.45, 2.75) is 18.9 Å². The molecule has 0 aromatic heterocycles. The molecule has 1 atom stereocenters. The Hall–Kier alpha value is -1.26. The van der Waals surface area contributed by atoms with Gasteiger partial charge >= 0.3 is 6.09 Å². The zero-order chi connectivity index (χ0) is 13.0. The van der Waals surface area contributed by atoms with Crippen LogP contribution in [0.2, 0.25) is 5.02 Å². The number of ether oxygens (including phenoxy) is 1. The van der Waals surface area contributed by atoms with E-state index >= 15 is 0 Å². The van der Waals surface area contributed by atoms with Crippen LogP contribution in [0.4, 0.5) is 4.79 Å². The maximum Gasteiger partial charge on any atom is 0.409 e. The van der Waals surface area contributed by atoms with Crippen molar-refractivity contribution in [3.8, 4) is 0 Å². The molecule has 1 amide bonds. The Labute approximate surface area is 111 Å². The summed E-state index contributed by atoms with van der Waals surface area (Å²) in [6, 6.07) is 7.45. The van der Waals surface area contributed by atoms with Gasteiger partial charge in [0.05, 0.1) is 12.7 Å². The number of benzene rings is 1. The molecule has 98 valence electrons. The summed E-state index contributed by atoms with van der Waals surface area (Å²) in [4.78, 5) is 13.1. The zero-order valence-corrected chi connectivity index (χ0v) is 10.8. The van der Waals surface area contributed by atoms with E-state index < -0.39 is 6.10 Å². The van der Waals surface area contributed by atoms with Crippen molar-refractivity contribution in [1.82, 2.24) is 4.90 Å². The van der Waals surface area contributed by atoms with Gasteiger partial charge in [-0.05, 0) is 24.1 Å². The molecule has 0 saturated carbocycles. The molecule has 1 aromatic carbocycles. The number of β-amino-alcohol motifs (C(OH)–C–C–N with tert-alkyl or cyclic N) is 1. The van der Waals surface area contributed by atoms with Gasteiger partial charge in [-0.3, -0.25) is 0 Å². The molecular formula is C13H16ClNO3. The van der Waals surface area contributed by atoms with Crippen molar-refractivity contribution in [3.05, 3.63) is 34.9 Å². The minimum atomic E-state index is -0.409. The van der Waals surface area contributed by atoms with Crippen LogP contribution in [0, 0.1) is 0 Å². The summed E-state index contributed by atoms with van der Waals surface area (Å²) >= 11 is 5.78. The second-order valence-corrected chi connectivity index (χ2v) is 4.82. The van der Waals surface area contributed by atoms with Crippen molar-refractivity contribution in [3.63, 3.8) is 0 Å². The highest BCUT2D eigenvalue weighted by Crippen LogP contribution is 2.12. The average molecular weight is 270 g/mol. The summed E-state index contributed by atoms with van der Waals surface area (Å²) in [5.41, 5.74) is 1.08. The van der Waals surface area contributed by atoms with Crippen LogP contribution >= 0.6 is 11.6 Å². The normalized spacial score (nSPS) is 19.0. The fourth-order valence-electron chi connectivity index (χ4n) is 1.91. The van der Waals surface area contributed by atoms with Crippen LogP contribution < -0.4 is 0 Å². The largest absolute Gasteiger partial charge is 0.449 e. The summed E-state index contributed by atoms with van der Waals surface area (Å²) in [7, 11) is 0. The minimum absolute atomic E-state index is 0.340. The van der Waals surface area contributed by atoms with E-state index in [-0.39, 0.29) is 6.09 Å². The van der Waals surface area contributed by atoms with Gasteiger partial charge in [-0.15, -0.1) is 0 Å². The van der Waals surface area contributed by atoms with Gasteiger partial charge < -0.3 is 14.7 Å². The van der Waals surface area contributed by atoms with E-state index in [1.807, 2.05) is 24.3 Å². The van der Waals surface area contributed by atoms with Crippen molar-refractivity contribution < 1.29 is 14.6 Å². The summed E-state index contributed by atoms with van der Waals surface area (Å²) < 4.78 is 5.15. The first-order valence-electron chi connectivity index (χ1n) is 5.99. The van der Waals surface area contributed by atoms with E-state index in [0.717, 1.165) is 5.56 Å². The summed E-state index contributed by atoms with van der Waals surface area (Å²) in [6.07, 6.45) is 0.542. The lowest BCUT2D eigenvalue weighted by Gasteiger charge is -2.15. The van der Waals surface area contributed by atoms with Crippen LogP contribution in [0.1, 0.15) is 12.0 Å². The molecule has 0 spiro atoms. The number of aliphatic hydroxyl groups is 1. The zero-order valence-electron chi connectivity index (χ0n) is 10.0. The molecule has 0 aliphatic carbocycles. The number of likely N-dealkylation sites (tertiary alicyclic amines) is 1. The Balaban J connectivity index is 1.72. The molecule has 1 unspecified atom stereocenters. The molecular weight excluding hydrogens is 254 g/mol. The Morgan fingerprint density at radius 1 is 1.44 bits per heavy atom. The number of hydrogen-bond acceptors (Lipinski definition) is 3. The van der Waals surface area contributed by atoms with E-state index in [4.69, 9.17) is 16.3 Å². The van der Waals surface area contributed by atoms with Crippen molar-refractivity contribution in [2.75, 3.05) is 19.7 Å². The van der Waals surface area contributed by atoms with Gasteiger partial charge in [0.2, 0.25) is 0 Å². The number of aliphatic hydroxyl groups excluding tert-OH is 1. The fraction of sp³-hybridized carbons (Fsp3) is 0.462. The topological polar surface area (TPSA) is 49.8 Å². The lowest BCUT2D eigenvalue weighted by Crippen LogP contribution is -2.30. The maximum atomic E-state index is 11.6. The molecule has 1 aliphatic rings. The third-order valence-corrected chi connectivity index (χ3v) is 3.20. The van der Waals surface area contributed by atoms with E-state index in [1.165, 1.54) is 4.90 Å². The molecule has 0 bridgehead atoms. The molecule has 1 saturated heterocycles. The number of rotatable bonds is 3. The van der Waals surface area contributed by atoms with E-state index in [1.54, 1.807) is 0 Å². The Kier molecular flexibility index (Phi) is 4.44. The van der Waals surface area contributed by atoms with Crippen LogP contribution in [0.5, 0.6) is 0 Å². The number of amides is 1. The van der Waals surface area contributed by atoms with Crippen molar-refractivity contribution >= 4 is 17.7 Å². The third kappa shape index (κ3) is 3.62. The number of carbonyl (C=O) groups is 1. The summed E-state index contributed by atoms with van der Waals surface area (Å²) in [5.74, 6) is 0. The van der Waals surface area contributed by atoms with Crippen molar-refractivity contribution in [2.24, 2.45) is 0 Å². The van der Waals surface area contributed by atoms with Gasteiger partial charge in [-0.1, -0.05) is 23.7 Å². The van der Waals surface area contributed by atoms with Crippen LogP contribution in [-0.4, -0.2) is 41.9 Å². The van der Waals surface area contributed by atoms with Gasteiger partial charge in [0.15, 0.2) is 0 Å². The van der Waals surface area contributed by atoms with E-state index in [9.17, 15) is 9.90 Å². The molecule has 1 N–H and O–H groups in total. The van der Waals surface area contributed by atoms with Crippen LogP contribution in [-0.2, 0) is 11.2 Å². The van der Waals surface area contributed by atoms with Crippen LogP contribution in [0.3, 0.4) is 0 Å². The fourth-order valence-corrected chi connectivity index (χ4v) is 2.03. The summed E-state index contributed by atoms with van der Waals surface area (Å²) in [5, 5.41) is 10.0. The van der Waals surface area contributed by atoms with Crippen molar-refractivity contribution in [1.29, 1.82) is 0 Å². The second-order valence-electron chi connectivity index (χ2n) is 4.38. The molecule has 1 aliphatic heterocycles. The Morgan fingerprint density at radius 3 is 2.78 bits per heavy atom. The van der Waals surface area contributed by atoms with Gasteiger partial charge in [-0.25, -0.2) is 4.79 Å². The molecule has 1 fully saturated rings. The number of halogens is 1. The van der Waals surface area contributed by atoms with Gasteiger partial charge in [0, 0.05) is 24.5 Å². The smallest absolute Gasteiger partial charge is 0.409 e. The average Bonchev–Trinajstić information content (AvgIpc) is 2.78. The number of hydrogen-bond donors (Lipinski definition) is 1. The van der Waals surface area contributed by atoms with Gasteiger partial charge in [0.25, 0.3) is 0 Å². The summed E-state index contributed by atoms with van der Waals surface area (Å²) in [6.45, 7) is 1.29. The third-order valence-electron chi connectivity index (χ3n) is 2.95. The highest BCUT2D eigenvalue weighted by molar-refractivity contribution is 6.30. The highest BCUT2D eigenvalue weighted by Gasteiger charge is 2.25. The van der Waals surface area contributed by atoms with Crippen LogP contribution in [0.15, 0.2) is 24.3 Å². The number of nitrogens with zero attached hydrogens (tertiary/aromatic N) is 1. The van der Waals surface area contributed by atoms with E-state index in [0.29, 0.717) is 37.6 Å². The molecule has 5 heteroatoms. The van der Waals surface area contributed by atoms with Gasteiger partial charge in [-0.2, -0.15) is 0 Å². The van der Waals surface area contributed by atoms with Crippen LogP contribution in [0.25, 0.3) is 0 Å². The molecule has 18 heavy (non-hydrogen) atoms. The first-order valence-corrected chi connectivity index (χ1v) is 6.37. The second kappa shape index (κ2) is 6.07. The first-order chi connectivity index (χ1) is 8.65. The molecule has 4 nitrogen and oxygen atoms in total. The quantitative estimate of drug-likeness (QED) is 0.914. The lowest BCUT2D eigenvalue weighted by atomic mass is 10.2. The van der Waals surface area contributed by atoms with Gasteiger partial charge in [0.1, 0.15) is 0 Å². The monoisotopic (exact) mass is 269 g/mol. The highest BCUT2D eigenvalue weighted by atomic mass is 35.5. The Bertz CT molecular complexity index is 407. The maximum absolute atomic E-state index is 11.6. The molecule has 1 heterocycles. The molecule has 0 radical (unpaired) electrons. The molecule has 2 rings (SSSR count). The minimum Gasteiger partial charge on any atom is -0.449 e. The standard InChI is InChI=1S/C13H16ClNO3/c14-11-3-1-10(2-4-11)6-8-18-13(17)15-7-5-12(16)9-15/h1-4,12,16H,5-9H2. The Morgan fingerprint density at radius 2 is 2.17 bits per heavy atom. The first kappa shape index (κ1) is 13.2. The predicted molar refractivity (Wildman–Crippen MR) is 68.7 cm³/mol. The number of carbonyl (C=O) groups excluding carboxylic acids is 1. The molecule has 1 aromatic rings. The lowest BCUT2D eigenvalue weighted by molar-refractivity contribution is 0.104. The SMILES string of the molecule is O=C(OCCc1ccc(Cl)cc1)N1CCC(O)C1. The van der Waals surface area contributed by atoms with E-state index in [2.05, 4.69) is 0 Å².